The molecule has 0 saturated carbocycles. The Bertz CT molecular complexity index is 436. The van der Waals surface area contributed by atoms with Crippen molar-refractivity contribution in [3.05, 3.63) is 48.6 Å². The molecule has 0 aromatic heterocycles. The first-order valence-electron chi connectivity index (χ1n) is 7.75. The molecule has 0 spiro atoms. The lowest BCUT2D eigenvalue weighted by atomic mass is 10.1. The van der Waals surface area contributed by atoms with Gasteiger partial charge < -0.3 is 9.74 Å². The van der Waals surface area contributed by atoms with Crippen molar-refractivity contribution < 1.29 is 4.43 Å². The van der Waals surface area contributed by atoms with Crippen molar-refractivity contribution in [1.29, 1.82) is 0 Å². The molecule has 0 aliphatic heterocycles. The van der Waals surface area contributed by atoms with Crippen LogP contribution in [-0.2, 0) is 11.0 Å². The average Bonchev–Trinajstić information content (AvgIpc) is 2.38. The van der Waals surface area contributed by atoms with Crippen LogP contribution in [-0.4, -0.2) is 20.5 Å². The fourth-order valence-electron chi connectivity index (χ4n) is 1.99. The Labute approximate surface area is 131 Å². The standard InChI is InChI=1S/C18H31NOSi/c1-8-17(19-14-16-12-10-9-11-13-16)15(2)20-21(6,7)18(3,4)5/h8-13,15,17,19H,1,14H2,2-7H3/t15-,17+/m0/s1. The minimum atomic E-state index is -1.74. The topological polar surface area (TPSA) is 21.3 Å². The van der Waals surface area contributed by atoms with Gasteiger partial charge in [-0.25, -0.2) is 0 Å². The van der Waals surface area contributed by atoms with Crippen molar-refractivity contribution in [3.8, 4) is 0 Å². The molecular weight excluding hydrogens is 274 g/mol. The molecule has 1 rings (SSSR count). The molecule has 1 aromatic rings. The highest BCUT2D eigenvalue weighted by Gasteiger charge is 2.39. The Hall–Kier alpha value is -0.903. The number of benzene rings is 1. The second-order valence-electron chi connectivity index (χ2n) is 7.21. The van der Waals surface area contributed by atoms with Crippen LogP contribution in [0, 0.1) is 0 Å². The van der Waals surface area contributed by atoms with Crippen LogP contribution in [0.1, 0.15) is 33.3 Å². The summed E-state index contributed by atoms with van der Waals surface area (Å²) in [5.41, 5.74) is 1.28. The predicted molar refractivity (Wildman–Crippen MR) is 95.0 cm³/mol. The van der Waals surface area contributed by atoms with Crippen LogP contribution in [0.3, 0.4) is 0 Å². The lowest BCUT2D eigenvalue weighted by Crippen LogP contribution is -2.48. The summed E-state index contributed by atoms with van der Waals surface area (Å²) < 4.78 is 6.45. The Balaban J connectivity index is 2.61. The van der Waals surface area contributed by atoms with Gasteiger partial charge in [0, 0.05) is 6.54 Å². The average molecular weight is 306 g/mol. The molecule has 118 valence electrons. The molecule has 0 unspecified atom stereocenters. The van der Waals surface area contributed by atoms with Gasteiger partial charge in [0.05, 0.1) is 12.1 Å². The second kappa shape index (κ2) is 7.39. The summed E-state index contributed by atoms with van der Waals surface area (Å²) in [6, 6.07) is 10.6. The van der Waals surface area contributed by atoms with Crippen molar-refractivity contribution >= 4 is 8.32 Å². The van der Waals surface area contributed by atoms with Gasteiger partial charge in [0.1, 0.15) is 0 Å². The number of nitrogens with one attached hydrogen (secondary N) is 1. The van der Waals surface area contributed by atoms with Gasteiger partial charge in [0.2, 0.25) is 0 Å². The molecule has 0 saturated heterocycles. The smallest absolute Gasteiger partial charge is 0.192 e. The molecule has 1 aromatic carbocycles. The van der Waals surface area contributed by atoms with Gasteiger partial charge in [-0.15, -0.1) is 6.58 Å². The van der Waals surface area contributed by atoms with E-state index in [0.29, 0.717) is 0 Å². The van der Waals surface area contributed by atoms with Crippen molar-refractivity contribution in [2.24, 2.45) is 0 Å². The van der Waals surface area contributed by atoms with E-state index in [1.54, 1.807) is 0 Å². The van der Waals surface area contributed by atoms with E-state index in [-0.39, 0.29) is 17.2 Å². The molecule has 2 nitrogen and oxygen atoms in total. The summed E-state index contributed by atoms with van der Waals surface area (Å²) in [7, 11) is -1.74. The van der Waals surface area contributed by atoms with Gasteiger partial charge in [-0.05, 0) is 30.6 Å². The molecular formula is C18H31NOSi. The fraction of sp³-hybridized carbons (Fsp3) is 0.556. The third-order valence-corrected chi connectivity index (χ3v) is 9.00. The molecule has 21 heavy (non-hydrogen) atoms. The van der Waals surface area contributed by atoms with Gasteiger partial charge in [-0.1, -0.05) is 57.2 Å². The van der Waals surface area contributed by atoms with E-state index in [2.05, 4.69) is 77.0 Å². The van der Waals surface area contributed by atoms with Gasteiger partial charge in [-0.3, -0.25) is 0 Å². The molecule has 2 atom stereocenters. The number of hydrogen-bond donors (Lipinski definition) is 1. The molecule has 0 heterocycles. The molecule has 0 fully saturated rings. The predicted octanol–water partition coefficient (Wildman–Crippen LogP) is 4.74. The van der Waals surface area contributed by atoms with E-state index in [4.69, 9.17) is 4.43 Å². The molecule has 0 radical (unpaired) electrons. The summed E-state index contributed by atoms with van der Waals surface area (Å²) >= 11 is 0. The lowest BCUT2D eigenvalue weighted by molar-refractivity contribution is 0.169. The Kier molecular flexibility index (Phi) is 6.38. The van der Waals surface area contributed by atoms with Gasteiger partial charge >= 0.3 is 0 Å². The molecule has 0 aliphatic rings. The molecule has 0 bridgehead atoms. The zero-order valence-electron chi connectivity index (χ0n) is 14.4. The maximum absolute atomic E-state index is 6.45. The third kappa shape index (κ3) is 5.42. The number of rotatable bonds is 7. The highest BCUT2D eigenvalue weighted by Crippen LogP contribution is 2.37. The Morgan fingerprint density at radius 1 is 1.24 bits per heavy atom. The van der Waals surface area contributed by atoms with Crippen molar-refractivity contribution in [2.45, 2.75) is 64.5 Å². The van der Waals surface area contributed by atoms with Crippen molar-refractivity contribution in [3.63, 3.8) is 0 Å². The molecule has 1 N–H and O–H groups in total. The van der Waals surface area contributed by atoms with Crippen LogP contribution in [0.15, 0.2) is 43.0 Å². The zero-order valence-corrected chi connectivity index (χ0v) is 15.4. The molecule has 0 aliphatic carbocycles. The monoisotopic (exact) mass is 305 g/mol. The molecule has 3 heteroatoms. The summed E-state index contributed by atoms with van der Waals surface area (Å²) in [6.07, 6.45) is 2.09. The first-order valence-corrected chi connectivity index (χ1v) is 10.7. The SMILES string of the molecule is C=C[C@@H](NCc1ccccc1)[C@H](C)O[Si](C)(C)C(C)(C)C. The Morgan fingerprint density at radius 2 is 1.81 bits per heavy atom. The first-order chi connectivity index (χ1) is 9.67. The maximum atomic E-state index is 6.45. The summed E-state index contributed by atoms with van der Waals surface area (Å²) in [5.74, 6) is 0. The van der Waals surface area contributed by atoms with Crippen LogP contribution in [0.5, 0.6) is 0 Å². The highest BCUT2D eigenvalue weighted by atomic mass is 28.4. The van der Waals surface area contributed by atoms with Crippen LogP contribution >= 0.6 is 0 Å². The summed E-state index contributed by atoms with van der Waals surface area (Å²) in [5, 5.41) is 3.77. The summed E-state index contributed by atoms with van der Waals surface area (Å²) in [4.78, 5) is 0. The van der Waals surface area contributed by atoms with Crippen LogP contribution in [0.4, 0.5) is 0 Å². The summed E-state index contributed by atoms with van der Waals surface area (Å²) in [6.45, 7) is 18.3. The van der Waals surface area contributed by atoms with E-state index >= 15 is 0 Å². The lowest BCUT2D eigenvalue weighted by Gasteiger charge is -2.40. The first kappa shape index (κ1) is 18.1. The second-order valence-corrected chi connectivity index (χ2v) is 12.0. The van der Waals surface area contributed by atoms with Crippen molar-refractivity contribution in [1.82, 2.24) is 5.32 Å². The fourth-order valence-corrected chi connectivity index (χ4v) is 3.42. The van der Waals surface area contributed by atoms with E-state index in [1.807, 2.05) is 12.1 Å². The van der Waals surface area contributed by atoms with E-state index in [0.717, 1.165) is 6.54 Å². The van der Waals surface area contributed by atoms with Gasteiger partial charge in [0.15, 0.2) is 8.32 Å². The van der Waals surface area contributed by atoms with Crippen LogP contribution in [0.25, 0.3) is 0 Å². The van der Waals surface area contributed by atoms with E-state index < -0.39 is 8.32 Å². The highest BCUT2D eigenvalue weighted by molar-refractivity contribution is 6.74. The van der Waals surface area contributed by atoms with E-state index in [9.17, 15) is 0 Å². The zero-order chi connectivity index (χ0) is 16.1. The molecule has 0 amide bonds. The van der Waals surface area contributed by atoms with Gasteiger partial charge in [0.25, 0.3) is 0 Å². The van der Waals surface area contributed by atoms with E-state index in [1.165, 1.54) is 5.56 Å². The van der Waals surface area contributed by atoms with Crippen LogP contribution < -0.4 is 5.32 Å². The number of hydrogen-bond acceptors (Lipinski definition) is 2. The van der Waals surface area contributed by atoms with Crippen LogP contribution in [0.2, 0.25) is 18.1 Å². The minimum absolute atomic E-state index is 0.132. The largest absolute Gasteiger partial charge is 0.412 e. The quantitative estimate of drug-likeness (QED) is 0.580. The minimum Gasteiger partial charge on any atom is -0.412 e. The Morgan fingerprint density at radius 3 is 2.29 bits per heavy atom. The maximum Gasteiger partial charge on any atom is 0.192 e. The normalized spacial score (nSPS) is 15.5. The van der Waals surface area contributed by atoms with Gasteiger partial charge in [-0.2, -0.15) is 0 Å². The third-order valence-electron chi connectivity index (χ3n) is 4.43. The van der Waals surface area contributed by atoms with Crippen molar-refractivity contribution in [2.75, 3.05) is 0 Å².